The molecule has 3 heterocycles. The second kappa shape index (κ2) is 7.55. The third kappa shape index (κ3) is 4.04. The molecule has 3 nitrogen and oxygen atoms in total. The Bertz CT molecular complexity index is 401. The second-order valence-corrected chi connectivity index (χ2v) is 7.10. The lowest BCUT2D eigenvalue weighted by molar-refractivity contribution is -0.180. The van der Waals surface area contributed by atoms with Crippen molar-refractivity contribution < 1.29 is 4.84 Å². The highest BCUT2D eigenvalue weighted by atomic mass is 32.1. The maximum absolute atomic E-state index is 6.04. The Morgan fingerprint density at radius 1 is 1.20 bits per heavy atom. The largest absolute Gasteiger partial charge is 0.302 e. The molecule has 0 saturated carbocycles. The van der Waals surface area contributed by atoms with E-state index in [4.69, 9.17) is 4.84 Å². The van der Waals surface area contributed by atoms with Crippen LogP contribution in [-0.4, -0.2) is 42.2 Å². The molecule has 4 heteroatoms. The van der Waals surface area contributed by atoms with Crippen LogP contribution in [0, 0.1) is 6.92 Å². The number of hydrogen-bond donors (Lipinski definition) is 0. The summed E-state index contributed by atoms with van der Waals surface area (Å²) >= 11 is 1.84. The Labute approximate surface area is 127 Å². The third-order valence-electron chi connectivity index (χ3n) is 4.16. The molecule has 2 saturated heterocycles. The van der Waals surface area contributed by atoms with Gasteiger partial charge < -0.3 is 4.90 Å². The van der Waals surface area contributed by atoms with Gasteiger partial charge in [-0.05, 0) is 57.8 Å². The van der Waals surface area contributed by atoms with Crippen molar-refractivity contribution in [3.8, 4) is 0 Å². The smallest absolute Gasteiger partial charge is 0.103 e. The van der Waals surface area contributed by atoms with Crippen molar-refractivity contribution in [3.63, 3.8) is 0 Å². The Balaban J connectivity index is 0.00000147. The fourth-order valence-corrected chi connectivity index (χ4v) is 3.93. The van der Waals surface area contributed by atoms with E-state index in [-0.39, 0.29) is 7.43 Å². The number of aryl methyl sites for hydroxylation is 1. The van der Waals surface area contributed by atoms with E-state index in [1.165, 1.54) is 55.1 Å². The first kappa shape index (κ1) is 16.0. The van der Waals surface area contributed by atoms with E-state index in [1.54, 1.807) is 0 Å². The monoisotopic (exact) mass is 296 g/mol. The summed E-state index contributed by atoms with van der Waals surface area (Å²) in [6, 6.07) is 4.97. The first-order valence-corrected chi connectivity index (χ1v) is 8.30. The van der Waals surface area contributed by atoms with Gasteiger partial charge in [0.1, 0.15) is 6.61 Å². The van der Waals surface area contributed by atoms with Gasteiger partial charge in [0.25, 0.3) is 0 Å². The molecule has 1 aromatic rings. The fraction of sp³-hybridized carbons (Fsp3) is 0.750. The normalized spacial score (nSPS) is 24.1. The minimum absolute atomic E-state index is 0. The summed E-state index contributed by atoms with van der Waals surface area (Å²) in [6.45, 7) is 7.77. The van der Waals surface area contributed by atoms with Crippen LogP contribution in [0.4, 0.5) is 0 Å². The van der Waals surface area contributed by atoms with E-state index in [9.17, 15) is 0 Å². The van der Waals surface area contributed by atoms with Gasteiger partial charge in [-0.25, -0.2) is 0 Å². The van der Waals surface area contributed by atoms with Gasteiger partial charge in [0.15, 0.2) is 0 Å². The molecule has 0 aliphatic carbocycles. The second-order valence-electron chi connectivity index (χ2n) is 5.73. The predicted molar refractivity (Wildman–Crippen MR) is 86.0 cm³/mol. The van der Waals surface area contributed by atoms with Crippen molar-refractivity contribution in [3.05, 3.63) is 21.9 Å². The zero-order valence-electron chi connectivity index (χ0n) is 11.8. The maximum atomic E-state index is 6.04. The van der Waals surface area contributed by atoms with Crippen LogP contribution >= 0.6 is 11.3 Å². The zero-order valence-corrected chi connectivity index (χ0v) is 12.6. The molecule has 2 fully saturated rings. The van der Waals surface area contributed by atoms with E-state index in [0.717, 1.165) is 13.2 Å². The molecule has 1 aromatic heterocycles. The molecule has 0 N–H and O–H groups in total. The van der Waals surface area contributed by atoms with Gasteiger partial charge in [-0.15, -0.1) is 11.3 Å². The van der Waals surface area contributed by atoms with Crippen LogP contribution in [0.15, 0.2) is 12.1 Å². The van der Waals surface area contributed by atoms with Crippen molar-refractivity contribution in [2.75, 3.05) is 26.2 Å². The van der Waals surface area contributed by atoms with Crippen LogP contribution < -0.4 is 0 Å². The summed E-state index contributed by atoms with van der Waals surface area (Å²) in [4.78, 5) is 11.3. The first-order valence-electron chi connectivity index (χ1n) is 7.48. The minimum atomic E-state index is 0. The van der Waals surface area contributed by atoms with Gasteiger partial charge in [0, 0.05) is 28.9 Å². The molecule has 3 rings (SSSR count). The molecule has 1 atom stereocenters. The summed E-state index contributed by atoms with van der Waals surface area (Å²) in [5.74, 6) is 0. The molecular weight excluding hydrogens is 268 g/mol. The molecule has 1 unspecified atom stereocenters. The van der Waals surface area contributed by atoms with Gasteiger partial charge in [-0.1, -0.05) is 7.43 Å². The van der Waals surface area contributed by atoms with Crippen molar-refractivity contribution in [1.82, 2.24) is 9.96 Å². The molecular formula is C16H28N2OS. The molecule has 0 radical (unpaired) electrons. The van der Waals surface area contributed by atoms with Crippen molar-refractivity contribution >= 4 is 11.3 Å². The predicted octanol–water partition coefficient (Wildman–Crippen LogP) is 3.68. The minimum Gasteiger partial charge on any atom is -0.302 e. The van der Waals surface area contributed by atoms with Gasteiger partial charge in [-0.3, -0.25) is 4.84 Å². The summed E-state index contributed by atoms with van der Waals surface area (Å²) in [7, 11) is 0. The summed E-state index contributed by atoms with van der Waals surface area (Å²) < 4.78 is 0. The molecule has 0 bridgehead atoms. The van der Waals surface area contributed by atoms with Crippen LogP contribution in [0.2, 0.25) is 0 Å². The van der Waals surface area contributed by atoms with Crippen LogP contribution in [0.25, 0.3) is 0 Å². The lowest BCUT2D eigenvalue weighted by Gasteiger charge is -2.27. The Hall–Kier alpha value is -0.420. The highest BCUT2D eigenvalue weighted by Gasteiger charge is 2.28. The number of nitrogens with zero attached hydrogens (tertiary/aromatic N) is 2. The van der Waals surface area contributed by atoms with Gasteiger partial charge >= 0.3 is 0 Å². The van der Waals surface area contributed by atoms with Crippen LogP contribution in [-0.2, 0) is 11.4 Å². The Kier molecular flexibility index (Phi) is 6.02. The molecule has 20 heavy (non-hydrogen) atoms. The highest BCUT2D eigenvalue weighted by Crippen LogP contribution is 2.23. The lowest BCUT2D eigenvalue weighted by atomic mass is 10.2. The number of rotatable bonds is 5. The topological polar surface area (TPSA) is 15.7 Å². The molecule has 2 aliphatic rings. The average molecular weight is 296 g/mol. The van der Waals surface area contributed by atoms with Crippen molar-refractivity contribution in [2.45, 2.75) is 52.7 Å². The SMILES string of the molecule is C.Cc1ccc(CON2CCCC2CN2CCCC2)s1. The van der Waals surface area contributed by atoms with E-state index >= 15 is 0 Å². The average Bonchev–Trinajstić information content (AvgIpc) is 3.10. The Morgan fingerprint density at radius 3 is 2.70 bits per heavy atom. The summed E-state index contributed by atoms with van der Waals surface area (Å²) in [6.07, 6.45) is 5.33. The van der Waals surface area contributed by atoms with Gasteiger partial charge in [-0.2, -0.15) is 5.06 Å². The Morgan fingerprint density at radius 2 is 2.00 bits per heavy atom. The van der Waals surface area contributed by atoms with Gasteiger partial charge in [0.05, 0.1) is 0 Å². The third-order valence-corrected chi connectivity index (χ3v) is 5.13. The molecule has 0 spiro atoms. The van der Waals surface area contributed by atoms with E-state index in [0.29, 0.717) is 6.04 Å². The quantitative estimate of drug-likeness (QED) is 0.824. The van der Waals surface area contributed by atoms with E-state index in [1.807, 2.05) is 11.3 Å². The van der Waals surface area contributed by atoms with Gasteiger partial charge in [0.2, 0.25) is 0 Å². The van der Waals surface area contributed by atoms with Crippen LogP contribution in [0.3, 0.4) is 0 Å². The van der Waals surface area contributed by atoms with Crippen LogP contribution in [0.1, 0.15) is 42.9 Å². The zero-order chi connectivity index (χ0) is 13.1. The van der Waals surface area contributed by atoms with E-state index in [2.05, 4.69) is 29.0 Å². The van der Waals surface area contributed by atoms with E-state index < -0.39 is 0 Å². The molecule has 2 aliphatic heterocycles. The molecule has 0 aromatic carbocycles. The van der Waals surface area contributed by atoms with Crippen molar-refractivity contribution in [2.24, 2.45) is 0 Å². The number of thiophene rings is 1. The highest BCUT2D eigenvalue weighted by molar-refractivity contribution is 7.11. The summed E-state index contributed by atoms with van der Waals surface area (Å²) in [5, 5.41) is 2.24. The molecule has 0 amide bonds. The summed E-state index contributed by atoms with van der Waals surface area (Å²) in [5.41, 5.74) is 0. The standard InChI is InChI=1S/C15H24N2OS.CH4/c1-13-6-7-15(19-13)12-18-17-10-4-5-14(17)11-16-8-2-3-9-16;/h6-7,14H,2-5,8-12H2,1H3;1H4. The first-order chi connectivity index (χ1) is 9.31. The fourth-order valence-electron chi connectivity index (χ4n) is 3.13. The van der Waals surface area contributed by atoms with Crippen LogP contribution in [0.5, 0.6) is 0 Å². The molecule has 114 valence electrons. The number of hydroxylamine groups is 2. The maximum Gasteiger partial charge on any atom is 0.103 e. The lowest BCUT2D eigenvalue weighted by Crippen LogP contribution is -2.39. The number of hydrogen-bond acceptors (Lipinski definition) is 4. The number of likely N-dealkylation sites (tertiary alicyclic amines) is 1. The van der Waals surface area contributed by atoms with Crippen molar-refractivity contribution in [1.29, 1.82) is 0 Å².